The maximum absolute atomic E-state index is 10.9. The first-order valence-electron chi connectivity index (χ1n) is 5.38. The summed E-state index contributed by atoms with van der Waals surface area (Å²) in [7, 11) is 0. The summed E-state index contributed by atoms with van der Waals surface area (Å²) < 4.78 is 4.95. The van der Waals surface area contributed by atoms with Gasteiger partial charge in [0.05, 0.1) is 0 Å². The van der Waals surface area contributed by atoms with Gasteiger partial charge in [0.2, 0.25) is 0 Å². The van der Waals surface area contributed by atoms with E-state index >= 15 is 0 Å². The smallest absolute Gasteiger partial charge is 0.306 e. The Labute approximate surface area is 92.4 Å². The normalized spacial score (nSPS) is 10.3. The van der Waals surface area contributed by atoms with E-state index in [4.69, 9.17) is 4.74 Å². The molecule has 15 heavy (non-hydrogen) atoms. The van der Waals surface area contributed by atoms with Crippen molar-refractivity contribution < 1.29 is 9.53 Å². The molecule has 0 N–H and O–H groups in total. The first kappa shape index (κ1) is 13.6. The van der Waals surface area contributed by atoms with Crippen LogP contribution in [0.1, 0.15) is 46.5 Å². The Hall–Kier alpha value is -1.41. The lowest BCUT2D eigenvalue weighted by Crippen LogP contribution is -2.11. The predicted molar refractivity (Wildman–Crippen MR) is 60.9 cm³/mol. The Bertz CT molecular complexity index is 296. The van der Waals surface area contributed by atoms with E-state index in [2.05, 4.69) is 30.6 Å². The summed E-state index contributed by atoms with van der Waals surface area (Å²) in [5.74, 6) is 10.9. The molecule has 2 heteroatoms. The minimum Gasteiger partial charge on any atom is -0.449 e. The van der Waals surface area contributed by atoms with E-state index < -0.39 is 0 Å². The average molecular weight is 206 g/mol. The maximum Gasteiger partial charge on any atom is 0.306 e. The summed E-state index contributed by atoms with van der Waals surface area (Å²) in [6, 6.07) is 0. The lowest BCUT2D eigenvalue weighted by Gasteiger charge is -2.03. The van der Waals surface area contributed by atoms with Crippen LogP contribution in [0.5, 0.6) is 0 Å². The molecule has 0 saturated heterocycles. The van der Waals surface area contributed by atoms with Crippen molar-refractivity contribution in [3.05, 3.63) is 0 Å². The van der Waals surface area contributed by atoms with Gasteiger partial charge in [-0.25, -0.2) is 0 Å². The molecule has 0 rings (SSSR count). The van der Waals surface area contributed by atoms with Crippen molar-refractivity contribution in [1.82, 2.24) is 0 Å². The number of carbonyl (C=O) groups is 1. The summed E-state index contributed by atoms with van der Waals surface area (Å²) in [5.41, 5.74) is 0. The molecule has 0 bridgehead atoms. The third-order valence-electron chi connectivity index (χ3n) is 1.68. The first-order valence-corrected chi connectivity index (χ1v) is 5.38. The Morgan fingerprint density at radius 1 is 1.33 bits per heavy atom. The Balaban J connectivity index is 3.83. The maximum atomic E-state index is 10.9. The van der Waals surface area contributed by atoms with Crippen LogP contribution in [0.15, 0.2) is 0 Å². The molecule has 0 aliphatic carbocycles. The Kier molecular flexibility index (Phi) is 8.30. The minimum atomic E-state index is -0.363. The van der Waals surface area contributed by atoms with Crippen LogP contribution in [0.4, 0.5) is 0 Å². The van der Waals surface area contributed by atoms with Crippen LogP contribution in [-0.2, 0) is 9.53 Å². The Morgan fingerprint density at radius 3 is 2.67 bits per heavy atom. The zero-order valence-electron chi connectivity index (χ0n) is 9.72. The third kappa shape index (κ3) is 8.91. The number of hydrogen-bond acceptors (Lipinski definition) is 2. The molecule has 0 aliphatic rings. The van der Waals surface area contributed by atoms with Crippen LogP contribution >= 0.6 is 0 Å². The zero-order chi connectivity index (χ0) is 11.5. The number of esters is 1. The van der Waals surface area contributed by atoms with Crippen molar-refractivity contribution in [2.24, 2.45) is 0 Å². The van der Waals surface area contributed by atoms with Crippen molar-refractivity contribution in [1.29, 1.82) is 0 Å². The second-order valence-electron chi connectivity index (χ2n) is 3.16. The lowest BCUT2D eigenvalue weighted by atomic mass is 10.2. The van der Waals surface area contributed by atoms with E-state index in [-0.39, 0.29) is 12.1 Å². The fourth-order valence-corrected chi connectivity index (χ4v) is 0.820. The fourth-order valence-electron chi connectivity index (χ4n) is 0.820. The van der Waals surface area contributed by atoms with Crippen LogP contribution in [0, 0.1) is 23.7 Å². The SMILES string of the molecule is CCCCC#CC#C[C@@H](C)OC(=O)CC. The molecule has 82 valence electrons. The molecule has 0 radical (unpaired) electrons. The number of carbonyl (C=O) groups excluding carboxylic acids is 1. The van der Waals surface area contributed by atoms with Crippen LogP contribution in [0.25, 0.3) is 0 Å². The molecule has 0 spiro atoms. The highest BCUT2D eigenvalue weighted by Crippen LogP contribution is 1.92. The molecule has 0 fully saturated rings. The van der Waals surface area contributed by atoms with Gasteiger partial charge in [-0.05, 0) is 31.1 Å². The van der Waals surface area contributed by atoms with Crippen LogP contribution < -0.4 is 0 Å². The molecule has 0 heterocycles. The predicted octanol–water partition coefficient (Wildman–Crippen LogP) is 2.53. The van der Waals surface area contributed by atoms with Gasteiger partial charge in [0, 0.05) is 12.8 Å². The van der Waals surface area contributed by atoms with Gasteiger partial charge in [0.1, 0.15) is 0 Å². The van der Waals surface area contributed by atoms with E-state index in [0.29, 0.717) is 6.42 Å². The molecule has 0 aromatic carbocycles. The van der Waals surface area contributed by atoms with Crippen LogP contribution in [-0.4, -0.2) is 12.1 Å². The fraction of sp³-hybridized carbons (Fsp3) is 0.615. The molecule has 0 unspecified atom stereocenters. The highest BCUT2D eigenvalue weighted by Gasteiger charge is 2.02. The quantitative estimate of drug-likeness (QED) is 0.401. The van der Waals surface area contributed by atoms with Gasteiger partial charge in [-0.1, -0.05) is 26.2 Å². The van der Waals surface area contributed by atoms with Crippen LogP contribution in [0.2, 0.25) is 0 Å². The number of ether oxygens (including phenoxy) is 1. The van der Waals surface area contributed by atoms with Gasteiger partial charge < -0.3 is 4.74 Å². The molecule has 2 nitrogen and oxygen atoms in total. The van der Waals surface area contributed by atoms with Crippen molar-refractivity contribution >= 4 is 5.97 Å². The number of rotatable bonds is 4. The standard InChI is InChI=1S/C13H18O2/c1-4-6-7-8-9-10-11-12(3)15-13(14)5-2/h12H,4-7H2,1-3H3/t12-/m1/s1. The molecule has 0 aromatic rings. The number of unbranched alkanes of at least 4 members (excludes halogenated alkanes) is 2. The van der Waals surface area contributed by atoms with Crippen LogP contribution in [0.3, 0.4) is 0 Å². The molecular formula is C13H18O2. The number of hydrogen-bond donors (Lipinski definition) is 0. The van der Waals surface area contributed by atoms with E-state index in [1.165, 1.54) is 0 Å². The van der Waals surface area contributed by atoms with Gasteiger partial charge in [-0.2, -0.15) is 0 Å². The van der Waals surface area contributed by atoms with Crippen molar-refractivity contribution in [3.8, 4) is 23.7 Å². The van der Waals surface area contributed by atoms with E-state index in [1.807, 2.05) is 0 Å². The van der Waals surface area contributed by atoms with E-state index in [9.17, 15) is 4.79 Å². The van der Waals surface area contributed by atoms with Gasteiger partial charge in [0.15, 0.2) is 6.10 Å². The summed E-state index contributed by atoms with van der Waals surface area (Å²) in [6.07, 6.45) is 3.16. The van der Waals surface area contributed by atoms with E-state index in [0.717, 1.165) is 19.3 Å². The third-order valence-corrected chi connectivity index (χ3v) is 1.68. The van der Waals surface area contributed by atoms with Crippen molar-refractivity contribution in [3.63, 3.8) is 0 Å². The van der Waals surface area contributed by atoms with Crippen molar-refractivity contribution in [2.45, 2.75) is 52.6 Å². The molecule has 0 saturated carbocycles. The van der Waals surface area contributed by atoms with Gasteiger partial charge in [0.25, 0.3) is 0 Å². The Morgan fingerprint density at radius 2 is 2.07 bits per heavy atom. The van der Waals surface area contributed by atoms with Gasteiger partial charge >= 0.3 is 5.97 Å². The molecule has 0 aliphatic heterocycles. The molecule has 0 amide bonds. The minimum absolute atomic E-state index is 0.226. The molecule has 0 aromatic heterocycles. The highest BCUT2D eigenvalue weighted by atomic mass is 16.5. The second-order valence-corrected chi connectivity index (χ2v) is 3.16. The second kappa shape index (κ2) is 9.16. The van der Waals surface area contributed by atoms with E-state index in [1.54, 1.807) is 13.8 Å². The summed E-state index contributed by atoms with van der Waals surface area (Å²) in [4.78, 5) is 10.9. The lowest BCUT2D eigenvalue weighted by molar-refractivity contribution is -0.145. The summed E-state index contributed by atoms with van der Waals surface area (Å²) in [6.45, 7) is 5.63. The highest BCUT2D eigenvalue weighted by molar-refractivity contribution is 5.69. The molecule has 1 atom stereocenters. The zero-order valence-corrected chi connectivity index (χ0v) is 9.72. The summed E-state index contributed by atoms with van der Waals surface area (Å²) >= 11 is 0. The monoisotopic (exact) mass is 206 g/mol. The van der Waals surface area contributed by atoms with Gasteiger partial charge in [-0.15, -0.1) is 0 Å². The van der Waals surface area contributed by atoms with Gasteiger partial charge in [-0.3, -0.25) is 4.79 Å². The average Bonchev–Trinajstić information content (AvgIpc) is 2.23. The van der Waals surface area contributed by atoms with Crippen molar-refractivity contribution in [2.75, 3.05) is 0 Å². The first-order chi connectivity index (χ1) is 7.20. The largest absolute Gasteiger partial charge is 0.449 e. The molecular weight excluding hydrogens is 188 g/mol. The summed E-state index contributed by atoms with van der Waals surface area (Å²) in [5, 5.41) is 0. The topological polar surface area (TPSA) is 26.3 Å².